The minimum atomic E-state index is -3.67. The number of benzene rings is 1. The quantitative estimate of drug-likeness (QED) is 0.151. The van der Waals surface area contributed by atoms with Crippen molar-refractivity contribution in [2.75, 3.05) is 33.5 Å². The summed E-state index contributed by atoms with van der Waals surface area (Å²) in [5.74, 6) is 5.31. The van der Waals surface area contributed by atoms with E-state index in [1.165, 1.54) is 12.1 Å². The number of nitrogens with one attached hydrogen (secondary N) is 3. The molecule has 0 saturated heterocycles. The number of hydrogen-bond donors (Lipinski definition) is 4. The predicted octanol–water partition coefficient (Wildman–Crippen LogP) is -0.719. The van der Waals surface area contributed by atoms with Crippen LogP contribution in [0.3, 0.4) is 0 Å². The number of rotatable bonds is 13. The summed E-state index contributed by atoms with van der Waals surface area (Å²) in [4.78, 5) is 3.04. The van der Waals surface area contributed by atoms with Gasteiger partial charge in [0.1, 0.15) is 5.71 Å². The van der Waals surface area contributed by atoms with Gasteiger partial charge in [-0.25, -0.2) is 22.5 Å². The Morgan fingerprint density at radius 3 is 2.56 bits per heavy atom. The van der Waals surface area contributed by atoms with Crippen molar-refractivity contribution in [2.24, 2.45) is 10.9 Å². The molecule has 0 aliphatic heterocycles. The molecule has 10 heteroatoms. The Labute approximate surface area is 159 Å². The molecular formula is C17H28F2N5O2S+. The molecule has 0 spiro atoms. The van der Waals surface area contributed by atoms with Crippen LogP contribution in [0, 0.1) is 0 Å². The van der Waals surface area contributed by atoms with Crippen LogP contribution in [-0.4, -0.2) is 59.9 Å². The van der Waals surface area contributed by atoms with E-state index in [2.05, 4.69) is 20.1 Å². The maximum atomic E-state index is 13.3. The van der Waals surface area contributed by atoms with E-state index in [0.717, 1.165) is 5.56 Å². The van der Waals surface area contributed by atoms with E-state index >= 15 is 0 Å². The number of hydrogen-bond acceptors (Lipinski definition) is 5. The summed E-state index contributed by atoms with van der Waals surface area (Å²) >= 11 is 0. The fourth-order valence-corrected chi connectivity index (χ4v) is 3.32. The van der Waals surface area contributed by atoms with Crippen LogP contribution in [-0.2, 0) is 16.4 Å². The Morgan fingerprint density at radius 1 is 1.30 bits per heavy atom. The van der Waals surface area contributed by atoms with Crippen molar-refractivity contribution in [3.63, 3.8) is 0 Å². The van der Waals surface area contributed by atoms with E-state index in [9.17, 15) is 17.2 Å². The Balaban J connectivity index is 2.72. The highest BCUT2D eigenvalue weighted by Crippen LogP contribution is 2.11. The zero-order valence-corrected chi connectivity index (χ0v) is 16.2. The van der Waals surface area contributed by atoms with Crippen LogP contribution in [0.25, 0.3) is 0 Å². The second-order valence-corrected chi connectivity index (χ2v) is 7.69. The topological polar surface area (TPSA) is 111 Å². The molecule has 1 aromatic carbocycles. The van der Waals surface area contributed by atoms with Gasteiger partial charge in [-0.3, -0.25) is 4.39 Å². The van der Waals surface area contributed by atoms with Gasteiger partial charge in [0.05, 0.1) is 11.6 Å². The van der Waals surface area contributed by atoms with Crippen molar-refractivity contribution < 1.29 is 22.2 Å². The van der Waals surface area contributed by atoms with Gasteiger partial charge in [0, 0.05) is 25.9 Å². The van der Waals surface area contributed by atoms with Crippen LogP contribution < -0.4 is 20.9 Å². The average molecular weight is 405 g/mol. The fraction of sp³-hybridized carbons (Fsp3) is 0.529. The monoisotopic (exact) mass is 404 g/mol. The van der Waals surface area contributed by atoms with Gasteiger partial charge in [-0.15, -0.1) is 0 Å². The molecule has 0 fully saturated rings. The van der Waals surface area contributed by atoms with Gasteiger partial charge >= 0.3 is 0 Å². The summed E-state index contributed by atoms with van der Waals surface area (Å²) in [6, 6.07) is 5.68. The van der Waals surface area contributed by atoms with Gasteiger partial charge in [-0.05, 0) is 31.2 Å². The molecule has 0 unspecified atom stereocenters. The van der Waals surface area contributed by atoms with Crippen LogP contribution in [0.5, 0.6) is 0 Å². The van der Waals surface area contributed by atoms with Gasteiger partial charge in [-0.1, -0.05) is 12.1 Å². The molecule has 0 amide bonds. The van der Waals surface area contributed by atoms with E-state index in [-0.39, 0.29) is 17.9 Å². The molecular weight excluding hydrogens is 376 g/mol. The number of nitrogens with two attached hydrogens (primary N) is 1. The van der Waals surface area contributed by atoms with E-state index in [4.69, 9.17) is 5.84 Å². The largest absolute Gasteiger partial charge is 0.323 e. The predicted molar refractivity (Wildman–Crippen MR) is 103 cm³/mol. The van der Waals surface area contributed by atoms with Gasteiger partial charge in [0.25, 0.3) is 0 Å². The van der Waals surface area contributed by atoms with Crippen LogP contribution in [0.4, 0.5) is 8.78 Å². The molecule has 0 radical (unpaired) electrons. The minimum absolute atomic E-state index is 0.0445. The van der Waals surface area contributed by atoms with E-state index in [1.54, 1.807) is 18.3 Å². The lowest BCUT2D eigenvalue weighted by atomic mass is 10.1. The smallest absolute Gasteiger partial charge is 0.240 e. The van der Waals surface area contributed by atoms with E-state index < -0.39 is 29.4 Å². The number of halogens is 2. The standard InChI is InChI=1S/C17H27F2N5O2S/c1-21-10-7-15(24-20)13-22-16(12-19)11-14-3-5-17(6-4-14)27(25,26)23-9-2-8-18/h3-6,13,16,21,23H,2,7-12,20H2,1H3/p+1/t16-/m0/s1. The molecule has 0 saturated carbocycles. The number of nitrogens with zero attached hydrogens (tertiary/aromatic N) is 1. The molecule has 0 bridgehead atoms. The summed E-state index contributed by atoms with van der Waals surface area (Å²) in [5.41, 5.74) is 1.39. The fourth-order valence-electron chi connectivity index (χ4n) is 2.25. The van der Waals surface area contributed by atoms with Crippen LogP contribution in [0.2, 0.25) is 0 Å². The van der Waals surface area contributed by atoms with Gasteiger partial charge in [0.15, 0.2) is 18.9 Å². The van der Waals surface area contributed by atoms with Crippen molar-refractivity contribution in [2.45, 2.75) is 30.2 Å². The molecule has 1 rings (SSSR count). The normalized spacial score (nSPS) is 14.0. The molecule has 5 N–H and O–H groups in total. The number of sulfonamides is 1. The third-order valence-electron chi connectivity index (χ3n) is 3.79. The van der Waals surface area contributed by atoms with Crippen molar-refractivity contribution in [3.8, 4) is 0 Å². The van der Waals surface area contributed by atoms with Crippen molar-refractivity contribution in [3.05, 3.63) is 29.8 Å². The summed E-state index contributed by atoms with van der Waals surface area (Å²) < 4.78 is 51.8. The van der Waals surface area contributed by atoms with Crippen molar-refractivity contribution in [1.82, 2.24) is 10.0 Å². The Morgan fingerprint density at radius 2 is 2.00 bits per heavy atom. The first-order chi connectivity index (χ1) is 13.0. The molecule has 1 atom stereocenters. The third kappa shape index (κ3) is 8.55. The van der Waals surface area contributed by atoms with E-state index in [1.807, 2.05) is 7.05 Å². The van der Waals surface area contributed by atoms with Gasteiger partial charge < -0.3 is 11.2 Å². The second-order valence-electron chi connectivity index (χ2n) is 5.92. The number of alkyl halides is 2. The van der Waals surface area contributed by atoms with Gasteiger partial charge in [-0.2, -0.15) is 5.10 Å². The molecule has 0 heterocycles. The van der Waals surface area contributed by atoms with E-state index in [0.29, 0.717) is 25.1 Å². The molecule has 0 aliphatic carbocycles. The van der Waals surface area contributed by atoms with Crippen LogP contribution >= 0.6 is 0 Å². The lowest BCUT2D eigenvalue weighted by molar-refractivity contribution is -0.497. The molecule has 1 aromatic rings. The third-order valence-corrected chi connectivity index (χ3v) is 5.26. The van der Waals surface area contributed by atoms with Gasteiger partial charge in [0.2, 0.25) is 10.0 Å². The average Bonchev–Trinajstić information content (AvgIpc) is 2.67. The maximum absolute atomic E-state index is 13.3. The first-order valence-corrected chi connectivity index (χ1v) is 10.2. The Kier molecular flexibility index (Phi) is 10.7. The first kappa shape index (κ1) is 23.1. The summed E-state index contributed by atoms with van der Waals surface area (Å²) in [7, 11) is -1.85. The Hall–Kier alpha value is -1.91. The molecule has 0 aliphatic rings. The zero-order chi connectivity index (χ0) is 20.1. The summed E-state index contributed by atoms with van der Waals surface area (Å²) in [6.45, 7) is -0.445. The lowest BCUT2D eigenvalue weighted by Crippen LogP contribution is -2.79. The van der Waals surface area contributed by atoms with Crippen molar-refractivity contribution in [1.29, 1.82) is 0 Å². The highest BCUT2D eigenvalue weighted by atomic mass is 32.2. The SMILES string of the molecule is CNCCC(C=[NH+][C@H](CF)Cc1ccc(S(=O)(=O)NCCCF)cc1)=NN. The Bertz CT molecular complexity index is 709. The molecule has 7 nitrogen and oxygen atoms in total. The number of hydrazone groups is 1. The molecule has 152 valence electrons. The zero-order valence-electron chi connectivity index (χ0n) is 15.4. The molecule has 27 heavy (non-hydrogen) atoms. The summed E-state index contributed by atoms with van der Waals surface area (Å²) in [5, 5.41) is 6.62. The van der Waals surface area contributed by atoms with Crippen LogP contribution in [0.15, 0.2) is 34.3 Å². The highest BCUT2D eigenvalue weighted by molar-refractivity contribution is 7.89. The van der Waals surface area contributed by atoms with Crippen LogP contribution in [0.1, 0.15) is 18.4 Å². The first-order valence-electron chi connectivity index (χ1n) is 8.68. The second kappa shape index (κ2) is 12.5. The molecule has 0 aromatic heterocycles. The maximum Gasteiger partial charge on any atom is 0.240 e. The van der Waals surface area contributed by atoms with Crippen molar-refractivity contribution >= 4 is 21.9 Å². The lowest BCUT2D eigenvalue weighted by Gasteiger charge is -2.08. The minimum Gasteiger partial charge on any atom is -0.323 e. The highest BCUT2D eigenvalue weighted by Gasteiger charge is 2.16. The summed E-state index contributed by atoms with van der Waals surface area (Å²) in [6.07, 6.45) is 2.70.